The van der Waals surface area contributed by atoms with Gasteiger partial charge in [-0.2, -0.15) is 0 Å². The number of hydrogen-bond donors (Lipinski definition) is 2. The standard InChI is InChI=1S/C20H22N2O6/c23-17(21-16(20(26)27)8-11-3-4-11)12-5-6-14-15(9-12)19(25)22(18(14)24)10-13-2-1-7-28-13/h5-6,9,11,13,16H,1-4,7-8,10H2,(H,21,23)(H,26,27). The highest BCUT2D eigenvalue weighted by Gasteiger charge is 2.38. The molecule has 2 unspecified atom stereocenters. The molecule has 28 heavy (non-hydrogen) atoms. The van der Waals surface area contributed by atoms with Gasteiger partial charge in [0.25, 0.3) is 17.7 Å². The molecule has 8 nitrogen and oxygen atoms in total. The van der Waals surface area contributed by atoms with E-state index in [4.69, 9.17) is 4.74 Å². The van der Waals surface area contributed by atoms with Gasteiger partial charge in [0, 0.05) is 12.2 Å². The van der Waals surface area contributed by atoms with Crippen LogP contribution in [-0.2, 0) is 9.53 Å². The quantitative estimate of drug-likeness (QED) is 0.686. The van der Waals surface area contributed by atoms with E-state index >= 15 is 0 Å². The number of carboxylic acids is 1. The first kappa shape index (κ1) is 18.6. The number of carbonyl (C=O) groups is 4. The van der Waals surface area contributed by atoms with Crippen LogP contribution in [-0.4, -0.2) is 59.0 Å². The van der Waals surface area contributed by atoms with Crippen LogP contribution in [0.3, 0.4) is 0 Å². The van der Waals surface area contributed by atoms with Gasteiger partial charge in [0.05, 0.1) is 23.8 Å². The van der Waals surface area contributed by atoms with E-state index in [1.54, 1.807) is 0 Å². The Morgan fingerprint density at radius 2 is 1.93 bits per heavy atom. The number of imide groups is 1. The van der Waals surface area contributed by atoms with Crippen LogP contribution in [0.4, 0.5) is 0 Å². The van der Waals surface area contributed by atoms with Crippen molar-refractivity contribution in [2.75, 3.05) is 13.2 Å². The second-order valence-electron chi connectivity index (χ2n) is 7.66. The maximum absolute atomic E-state index is 12.7. The van der Waals surface area contributed by atoms with Gasteiger partial charge in [-0.15, -0.1) is 0 Å². The highest BCUT2D eigenvalue weighted by Crippen LogP contribution is 2.33. The molecule has 0 spiro atoms. The molecule has 2 fully saturated rings. The summed E-state index contributed by atoms with van der Waals surface area (Å²) < 4.78 is 5.51. The predicted octanol–water partition coefficient (Wildman–Crippen LogP) is 1.44. The van der Waals surface area contributed by atoms with Gasteiger partial charge >= 0.3 is 5.97 Å². The van der Waals surface area contributed by atoms with Gasteiger partial charge in [-0.3, -0.25) is 19.3 Å². The number of fused-ring (bicyclic) bond motifs is 1. The Bertz CT molecular complexity index is 841. The van der Waals surface area contributed by atoms with Crippen LogP contribution in [0.25, 0.3) is 0 Å². The lowest BCUT2D eigenvalue weighted by molar-refractivity contribution is -0.139. The normalized spacial score (nSPS) is 22.3. The molecule has 2 aliphatic heterocycles. The van der Waals surface area contributed by atoms with Gasteiger partial charge in [0.1, 0.15) is 6.04 Å². The average molecular weight is 386 g/mol. The molecule has 148 valence electrons. The Hall–Kier alpha value is -2.74. The van der Waals surface area contributed by atoms with Crippen molar-refractivity contribution in [3.8, 4) is 0 Å². The van der Waals surface area contributed by atoms with Crippen LogP contribution in [0, 0.1) is 5.92 Å². The van der Waals surface area contributed by atoms with Crippen LogP contribution in [0.2, 0.25) is 0 Å². The third-order valence-corrected chi connectivity index (χ3v) is 5.51. The molecule has 8 heteroatoms. The van der Waals surface area contributed by atoms with Crippen molar-refractivity contribution in [2.24, 2.45) is 5.92 Å². The summed E-state index contributed by atoms with van der Waals surface area (Å²) in [4.78, 5) is 50.3. The summed E-state index contributed by atoms with van der Waals surface area (Å²) in [5.41, 5.74) is 0.595. The van der Waals surface area contributed by atoms with Gasteiger partial charge in [-0.25, -0.2) is 4.79 Å². The number of amides is 3. The van der Waals surface area contributed by atoms with E-state index < -0.39 is 23.8 Å². The molecule has 2 atom stereocenters. The maximum atomic E-state index is 12.7. The molecule has 3 amide bonds. The minimum atomic E-state index is -1.07. The number of hydrogen-bond acceptors (Lipinski definition) is 5. The van der Waals surface area contributed by atoms with Crippen molar-refractivity contribution in [3.63, 3.8) is 0 Å². The number of benzene rings is 1. The fourth-order valence-corrected chi connectivity index (χ4v) is 3.74. The molecule has 3 aliphatic rings. The SMILES string of the molecule is O=C(NC(CC1CC1)C(=O)O)c1ccc2c(c1)C(=O)N(CC1CCCO1)C2=O. The Labute approximate surface area is 161 Å². The van der Waals surface area contributed by atoms with E-state index in [0.717, 1.165) is 30.6 Å². The first-order chi connectivity index (χ1) is 13.4. The summed E-state index contributed by atoms with van der Waals surface area (Å²) in [6.45, 7) is 0.833. The molecular formula is C20H22N2O6. The van der Waals surface area contributed by atoms with E-state index in [2.05, 4.69) is 5.32 Å². The fraction of sp³-hybridized carbons (Fsp3) is 0.500. The molecule has 1 aliphatic carbocycles. The molecule has 1 aromatic carbocycles. The van der Waals surface area contributed by atoms with Gasteiger partial charge < -0.3 is 15.2 Å². The highest BCUT2D eigenvalue weighted by atomic mass is 16.5. The van der Waals surface area contributed by atoms with Crippen LogP contribution in [0.15, 0.2) is 18.2 Å². The third-order valence-electron chi connectivity index (χ3n) is 5.51. The molecule has 2 N–H and O–H groups in total. The van der Waals surface area contributed by atoms with Crippen molar-refractivity contribution < 1.29 is 29.0 Å². The zero-order valence-electron chi connectivity index (χ0n) is 15.3. The second kappa shape index (κ2) is 7.35. The molecule has 0 radical (unpaired) electrons. The minimum absolute atomic E-state index is 0.149. The first-order valence-corrected chi connectivity index (χ1v) is 9.59. The average Bonchev–Trinajstić information content (AvgIpc) is 3.29. The van der Waals surface area contributed by atoms with Crippen molar-refractivity contribution in [3.05, 3.63) is 34.9 Å². The Morgan fingerprint density at radius 3 is 2.57 bits per heavy atom. The molecule has 1 saturated carbocycles. The monoisotopic (exact) mass is 386 g/mol. The lowest BCUT2D eigenvalue weighted by Gasteiger charge is -2.17. The van der Waals surface area contributed by atoms with Crippen molar-refractivity contribution >= 4 is 23.7 Å². The Balaban J connectivity index is 1.48. The largest absolute Gasteiger partial charge is 0.480 e. The lowest BCUT2D eigenvalue weighted by Crippen LogP contribution is -2.41. The van der Waals surface area contributed by atoms with E-state index in [9.17, 15) is 24.3 Å². The zero-order chi connectivity index (χ0) is 19.8. The molecule has 0 aromatic heterocycles. The summed E-state index contributed by atoms with van der Waals surface area (Å²) in [5.74, 6) is -2.13. The van der Waals surface area contributed by atoms with Gasteiger partial charge in [-0.1, -0.05) is 12.8 Å². The lowest BCUT2D eigenvalue weighted by atomic mass is 10.0. The number of carboxylic acid groups (broad SMARTS) is 1. The molecular weight excluding hydrogens is 364 g/mol. The summed E-state index contributed by atoms with van der Waals surface area (Å²) in [6, 6.07) is 3.32. The van der Waals surface area contributed by atoms with E-state index in [1.807, 2.05) is 0 Å². The minimum Gasteiger partial charge on any atom is -0.480 e. The third kappa shape index (κ3) is 3.64. The van der Waals surface area contributed by atoms with E-state index in [1.165, 1.54) is 18.2 Å². The zero-order valence-corrected chi connectivity index (χ0v) is 15.3. The number of nitrogens with one attached hydrogen (secondary N) is 1. The van der Waals surface area contributed by atoms with Crippen LogP contribution in [0.5, 0.6) is 0 Å². The van der Waals surface area contributed by atoms with Crippen LogP contribution >= 0.6 is 0 Å². The fourth-order valence-electron chi connectivity index (χ4n) is 3.74. The summed E-state index contributed by atoms with van der Waals surface area (Å²) in [7, 11) is 0. The smallest absolute Gasteiger partial charge is 0.326 e. The number of carbonyl (C=O) groups excluding carboxylic acids is 3. The number of nitrogens with zero attached hydrogens (tertiary/aromatic N) is 1. The number of aliphatic carboxylic acids is 1. The molecule has 0 bridgehead atoms. The topological polar surface area (TPSA) is 113 Å². The van der Waals surface area contributed by atoms with Crippen LogP contribution in [0.1, 0.15) is 63.2 Å². The maximum Gasteiger partial charge on any atom is 0.326 e. The van der Waals surface area contributed by atoms with Gasteiger partial charge in [0.15, 0.2) is 0 Å². The first-order valence-electron chi connectivity index (χ1n) is 9.59. The number of ether oxygens (including phenoxy) is 1. The van der Waals surface area contributed by atoms with Gasteiger partial charge in [0.2, 0.25) is 0 Å². The van der Waals surface area contributed by atoms with Gasteiger partial charge in [-0.05, 0) is 43.4 Å². The summed E-state index contributed by atoms with van der Waals surface area (Å²) in [5, 5.41) is 11.8. The predicted molar refractivity (Wildman–Crippen MR) is 97.0 cm³/mol. The molecule has 1 aromatic rings. The van der Waals surface area contributed by atoms with Crippen molar-refractivity contribution in [2.45, 2.75) is 44.2 Å². The van der Waals surface area contributed by atoms with Crippen molar-refractivity contribution in [1.82, 2.24) is 10.2 Å². The number of rotatable bonds is 7. The van der Waals surface area contributed by atoms with Crippen molar-refractivity contribution in [1.29, 1.82) is 0 Å². The Morgan fingerprint density at radius 1 is 1.18 bits per heavy atom. The molecule has 1 saturated heterocycles. The summed E-state index contributed by atoms with van der Waals surface area (Å²) >= 11 is 0. The van der Waals surface area contributed by atoms with E-state index in [-0.39, 0.29) is 35.2 Å². The molecule has 2 heterocycles. The van der Waals surface area contributed by atoms with E-state index in [0.29, 0.717) is 18.9 Å². The summed E-state index contributed by atoms with van der Waals surface area (Å²) in [6.07, 6.45) is 3.93. The second-order valence-corrected chi connectivity index (χ2v) is 7.66. The highest BCUT2D eigenvalue weighted by molar-refractivity contribution is 6.22. The Kier molecular flexibility index (Phi) is 4.89. The van der Waals surface area contributed by atoms with Crippen LogP contribution < -0.4 is 5.32 Å². The molecule has 4 rings (SSSR count).